The van der Waals surface area contributed by atoms with Crippen molar-refractivity contribution in [3.8, 4) is 11.5 Å². The number of aromatic nitrogens is 3. The third-order valence-electron chi connectivity index (χ3n) is 2.66. The molecule has 0 atom stereocenters. The molecule has 2 rings (SSSR count). The Kier molecular flexibility index (Phi) is 5.37. The van der Waals surface area contributed by atoms with Crippen LogP contribution in [0.25, 0.3) is 0 Å². The number of H-pyrrole nitrogens is 1. The van der Waals surface area contributed by atoms with Gasteiger partial charge in [-0.1, -0.05) is 0 Å². The molecule has 6 nitrogen and oxygen atoms in total. The van der Waals surface area contributed by atoms with Crippen LogP contribution < -0.4 is 14.8 Å². The Labute approximate surface area is 126 Å². The van der Waals surface area contributed by atoms with Crippen molar-refractivity contribution in [3.05, 3.63) is 34.3 Å². The molecule has 0 spiro atoms. The highest BCUT2D eigenvalue weighted by Crippen LogP contribution is 2.36. The van der Waals surface area contributed by atoms with Gasteiger partial charge < -0.3 is 14.8 Å². The Hall–Kier alpha value is -1.60. The molecule has 0 fully saturated rings. The van der Waals surface area contributed by atoms with Crippen LogP contribution in [-0.4, -0.2) is 28.9 Å². The Morgan fingerprint density at radius 1 is 1.35 bits per heavy atom. The number of nitrogens with one attached hydrogen (secondary N) is 2. The molecule has 0 radical (unpaired) electrons. The fourth-order valence-corrected chi connectivity index (χ4v) is 2.40. The molecule has 7 heteroatoms. The van der Waals surface area contributed by atoms with Crippen molar-refractivity contribution >= 4 is 15.9 Å². The van der Waals surface area contributed by atoms with Gasteiger partial charge in [-0.3, -0.25) is 5.10 Å². The lowest BCUT2D eigenvalue weighted by Gasteiger charge is -2.13. The lowest BCUT2D eigenvalue weighted by Crippen LogP contribution is -2.14. The maximum atomic E-state index is 5.56. The monoisotopic (exact) mass is 340 g/mol. The van der Waals surface area contributed by atoms with Gasteiger partial charge in [-0.15, -0.1) is 0 Å². The van der Waals surface area contributed by atoms with E-state index in [1.165, 1.54) is 6.33 Å². The molecule has 0 amide bonds. The summed E-state index contributed by atoms with van der Waals surface area (Å²) in [6.45, 7) is 3.87. The second-order valence-electron chi connectivity index (χ2n) is 4.08. The summed E-state index contributed by atoms with van der Waals surface area (Å²) in [6.07, 6.45) is 1.49. The van der Waals surface area contributed by atoms with Crippen molar-refractivity contribution in [1.82, 2.24) is 20.5 Å². The summed E-state index contributed by atoms with van der Waals surface area (Å²) in [7, 11) is 1.63. The average molecular weight is 341 g/mol. The van der Waals surface area contributed by atoms with E-state index in [9.17, 15) is 0 Å². The molecule has 0 aliphatic heterocycles. The molecule has 0 bridgehead atoms. The van der Waals surface area contributed by atoms with Crippen LogP contribution in [0.5, 0.6) is 11.5 Å². The average Bonchev–Trinajstić information content (AvgIpc) is 2.94. The van der Waals surface area contributed by atoms with Gasteiger partial charge in [0.1, 0.15) is 12.2 Å². The SMILES string of the molecule is CCOc1c(Br)cc(CNCc2ncn[nH]2)cc1OC. The number of aromatic amines is 1. The smallest absolute Gasteiger partial charge is 0.175 e. The van der Waals surface area contributed by atoms with E-state index in [1.807, 2.05) is 19.1 Å². The first-order valence-corrected chi connectivity index (χ1v) is 7.08. The Morgan fingerprint density at radius 2 is 2.20 bits per heavy atom. The molecule has 0 aliphatic rings. The topological polar surface area (TPSA) is 72.1 Å². The molecule has 1 aromatic heterocycles. The lowest BCUT2D eigenvalue weighted by molar-refractivity contribution is 0.308. The fourth-order valence-electron chi connectivity index (χ4n) is 1.80. The predicted octanol–water partition coefficient (Wildman–Crippen LogP) is 2.26. The van der Waals surface area contributed by atoms with Crippen LogP contribution in [0.2, 0.25) is 0 Å². The van der Waals surface area contributed by atoms with Gasteiger partial charge in [0.2, 0.25) is 0 Å². The van der Waals surface area contributed by atoms with Crippen molar-refractivity contribution in [3.63, 3.8) is 0 Å². The van der Waals surface area contributed by atoms with Crippen molar-refractivity contribution < 1.29 is 9.47 Å². The van der Waals surface area contributed by atoms with Gasteiger partial charge in [0.05, 0.1) is 24.7 Å². The summed E-state index contributed by atoms with van der Waals surface area (Å²) in [6, 6.07) is 3.98. The number of halogens is 1. The molecule has 1 aromatic carbocycles. The van der Waals surface area contributed by atoms with E-state index in [2.05, 4.69) is 36.4 Å². The second kappa shape index (κ2) is 7.25. The van der Waals surface area contributed by atoms with E-state index in [0.717, 1.165) is 27.4 Å². The van der Waals surface area contributed by atoms with Gasteiger partial charge in [-0.25, -0.2) is 4.98 Å². The summed E-state index contributed by atoms with van der Waals surface area (Å²) >= 11 is 3.51. The standard InChI is InChI=1S/C13H17BrN4O2/c1-3-20-13-10(14)4-9(5-11(13)19-2)6-15-7-12-16-8-17-18-12/h4-5,8,15H,3,6-7H2,1-2H3,(H,16,17,18). The third kappa shape index (κ3) is 3.71. The van der Waals surface area contributed by atoms with Gasteiger partial charge in [0.25, 0.3) is 0 Å². The minimum atomic E-state index is 0.595. The zero-order valence-electron chi connectivity index (χ0n) is 11.4. The molecular weight excluding hydrogens is 324 g/mol. The molecule has 0 saturated carbocycles. The number of rotatable bonds is 7. The van der Waals surface area contributed by atoms with Crippen LogP contribution in [0.15, 0.2) is 22.9 Å². The highest BCUT2D eigenvalue weighted by molar-refractivity contribution is 9.10. The van der Waals surface area contributed by atoms with E-state index >= 15 is 0 Å². The zero-order chi connectivity index (χ0) is 14.4. The third-order valence-corrected chi connectivity index (χ3v) is 3.25. The molecule has 1 heterocycles. The predicted molar refractivity (Wildman–Crippen MR) is 78.8 cm³/mol. The van der Waals surface area contributed by atoms with Gasteiger partial charge >= 0.3 is 0 Å². The quantitative estimate of drug-likeness (QED) is 0.808. The van der Waals surface area contributed by atoms with E-state index in [1.54, 1.807) is 7.11 Å². The van der Waals surface area contributed by atoms with E-state index in [0.29, 0.717) is 19.7 Å². The largest absolute Gasteiger partial charge is 0.493 e. The Bertz CT molecular complexity index is 546. The summed E-state index contributed by atoms with van der Waals surface area (Å²) in [5.41, 5.74) is 1.09. The van der Waals surface area contributed by atoms with Crippen molar-refractivity contribution in [2.45, 2.75) is 20.0 Å². The van der Waals surface area contributed by atoms with Crippen LogP contribution >= 0.6 is 15.9 Å². The molecule has 0 aliphatic carbocycles. The molecular formula is C13H17BrN4O2. The minimum absolute atomic E-state index is 0.595. The Balaban J connectivity index is 2.02. The van der Waals surface area contributed by atoms with Gasteiger partial charge in [0, 0.05) is 6.54 Å². The number of methoxy groups -OCH3 is 1. The molecule has 0 saturated heterocycles. The lowest BCUT2D eigenvalue weighted by atomic mass is 10.2. The fraction of sp³-hybridized carbons (Fsp3) is 0.385. The summed E-state index contributed by atoms with van der Waals surface area (Å²) in [5, 5.41) is 9.89. The molecule has 2 N–H and O–H groups in total. The van der Waals surface area contributed by atoms with Crippen LogP contribution in [0.1, 0.15) is 18.3 Å². The molecule has 108 valence electrons. The van der Waals surface area contributed by atoms with E-state index in [-0.39, 0.29) is 0 Å². The van der Waals surface area contributed by atoms with Crippen molar-refractivity contribution in [2.75, 3.05) is 13.7 Å². The first kappa shape index (κ1) is 14.8. The number of hydrogen-bond acceptors (Lipinski definition) is 5. The molecule has 0 unspecified atom stereocenters. The van der Waals surface area contributed by atoms with Gasteiger partial charge in [-0.05, 0) is 40.5 Å². The van der Waals surface area contributed by atoms with Gasteiger partial charge in [0.15, 0.2) is 11.5 Å². The normalized spacial score (nSPS) is 10.6. The van der Waals surface area contributed by atoms with Crippen molar-refractivity contribution in [2.24, 2.45) is 0 Å². The maximum absolute atomic E-state index is 5.56. The number of hydrogen-bond donors (Lipinski definition) is 2. The van der Waals surface area contributed by atoms with Gasteiger partial charge in [-0.2, -0.15) is 5.10 Å². The first-order chi connectivity index (χ1) is 9.74. The number of benzene rings is 1. The second-order valence-corrected chi connectivity index (χ2v) is 4.93. The summed E-state index contributed by atoms with van der Waals surface area (Å²) < 4.78 is 11.8. The summed E-state index contributed by atoms with van der Waals surface area (Å²) in [5.74, 6) is 2.26. The van der Waals surface area contributed by atoms with E-state index < -0.39 is 0 Å². The summed E-state index contributed by atoms with van der Waals surface area (Å²) in [4.78, 5) is 4.05. The van der Waals surface area contributed by atoms with Crippen LogP contribution in [0.4, 0.5) is 0 Å². The molecule has 20 heavy (non-hydrogen) atoms. The van der Waals surface area contributed by atoms with Crippen molar-refractivity contribution in [1.29, 1.82) is 0 Å². The highest BCUT2D eigenvalue weighted by Gasteiger charge is 2.11. The minimum Gasteiger partial charge on any atom is -0.493 e. The van der Waals surface area contributed by atoms with Crippen LogP contribution in [0, 0.1) is 0 Å². The maximum Gasteiger partial charge on any atom is 0.175 e. The zero-order valence-corrected chi connectivity index (χ0v) is 13.0. The molecule has 2 aromatic rings. The van der Waals surface area contributed by atoms with E-state index in [4.69, 9.17) is 9.47 Å². The first-order valence-electron chi connectivity index (χ1n) is 6.28. The highest BCUT2D eigenvalue weighted by atomic mass is 79.9. The van der Waals surface area contributed by atoms with Crippen LogP contribution in [0.3, 0.4) is 0 Å². The Morgan fingerprint density at radius 3 is 2.85 bits per heavy atom. The van der Waals surface area contributed by atoms with Crippen LogP contribution in [-0.2, 0) is 13.1 Å². The number of nitrogens with zero attached hydrogens (tertiary/aromatic N) is 2. The number of ether oxygens (including phenoxy) is 2.